The van der Waals surface area contributed by atoms with Gasteiger partial charge in [-0.15, -0.1) is 0 Å². The summed E-state index contributed by atoms with van der Waals surface area (Å²) in [6, 6.07) is 18.1. The van der Waals surface area contributed by atoms with Crippen molar-refractivity contribution in [2.24, 2.45) is 0 Å². The van der Waals surface area contributed by atoms with E-state index in [1.54, 1.807) is 4.90 Å². The van der Waals surface area contributed by atoms with E-state index in [9.17, 15) is 9.59 Å². The third-order valence-corrected chi connectivity index (χ3v) is 5.54. The Bertz CT molecular complexity index is 771. The molecule has 0 aliphatic carbocycles. The van der Waals surface area contributed by atoms with Crippen LogP contribution in [0, 0.1) is 0 Å². The maximum absolute atomic E-state index is 13.1. The largest absolute Gasteiger partial charge is 0.354 e. The van der Waals surface area contributed by atoms with E-state index >= 15 is 0 Å². The van der Waals surface area contributed by atoms with Crippen molar-refractivity contribution in [3.8, 4) is 0 Å². The highest BCUT2D eigenvalue weighted by molar-refractivity contribution is 5.87. The molecule has 0 spiro atoms. The SMILES string of the molecule is CCCCNC(=O)[C@@H](C)N(CCc1ccccc1)C(=O)CCc1ccc(CC)cc1. The zero-order valence-corrected chi connectivity index (χ0v) is 18.7. The van der Waals surface area contributed by atoms with Crippen molar-refractivity contribution in [1.82, 2.24) is 10.2 Å². The maximum Gasteiger partial charge on any atom is 0.242 e. The first-order valence-electron chi connectivity index (χ1n) is 11.2. The topological polar surface area (TPSA) is 49.4 Å². The Hall–Kier alpha value is -2.62. The summed E-state index contributed by atoms with van der Waals surface area (Å²) in [6.45, 7) is 7.26. The van der Waals surface area contributed by atoms with Gasteiger partial charge in [0.1, 0.15) is 6.04 Å². The molecular weight excluding hydrogens is 372 g/mol. The predicted octanol–water partition coefficient (Wildman–Crippen LogP) is 4.56. The Labute approximate surface area is 181 Å². The molecular formula is C26H36N2O2. The van der Waals surface area contributed by atoms with Crippen molar-refractivity contribution in [2.45, 2.75) is 65.3 Å². The fourth-order valence-electron chi connectivity index (χ4n) is 3.44. The second-order valence-corrected chi connectivity index (χ2v) is 7.81. The van der Waals surface area contributed by atoms with Crippen molar-refractivity contribution < 1.29 is 9.59 Å². The predicted molar refractivity (Wildman–Crippen MR) is 123 cm³/mol. The Morgan fingerprint density at radius 3 is 2.17 bits per heavy atom. The summed E-state index contributed by atoms with van der Waals surface area (Å²) >= 11 is 0. The Morgan fingerprint density at radius 1 is 0.900 bits per heavy atom. The number of nitrogens with zero attached hydrogens (tertiary/aromatic N) is 1. The van der Waals surface area contributed by atoms with Crippen molar-refractivity contribution in [3.05, 3.63) is 71.3 Å². The Morgan fingerprint density at radius 2 is 1.53 bits per heavy atom. The third kappa shape index (κ3) is 7.66. The summed E-state index contributed by atoms with van der Waals surface area (Å²) in [5.41, 5.74) is 3.62. The molecule has 0 unspecified atom stereocenters. The van der Waals surface area contributed by atoms with Crippen LogP contribution in [0.5, 0.6) is 0 Å². The van der Waals surface area contributed by atoms with E-state index in [-0.39, 0.29) is 11.8 Å². The van der Waals surface area contributed by atoms with E-state index < -0.39 is 6.04 Å². The van der Waals surface area contributed by atoms with E-state index in [4.69, 9.17) is 0 Å². The number of hydrogen-bond acceptors (Lipinski definition) is 2. The fourth-order valence-corrected chi connectivity index (χ4v) is 3.44. The monoisotopic (exact) mass is 408 g/mol. The number of amides is 2. The first-order chi connectivity index (χ1) is 14.5. The minimum atomic E-state index is -0.472. The van der Waals surface area contributed by atoms with Gasteiger partial charge in [-0.25, -0.2) is 0 Å². The molecule has 4 nitrogen and oxygen atoms in total. The van der Waals surface area contributed by atoms with Gasteiger partial charge < -0.3 is 10.2 Å². The highest BCUT2D eigenvalue weighted by Gasteiger charge is 2.25. The number of hydrogen-bond donors (Lipinski definition) is 1. The number of carbonyl (C=O) groups excluding carboxylic acids is 2. The molecule has 0 bridgehead atoms. The molecule has 0 aliphatic rings. The molecule has 162 valence electrons. The van der Waals surface area contributed by atoms with Crippen LogP contribution in [0.2, 0.25) is 0 Å². The summed E-state index contributed by atoms with van der Waals surface area (Å²) in [7, 11) is 0. The molecule has 0 fully saturated rings. The maximum atomic E-state index is 13.1. The number of aryl methyl sites for hydroxylation is 2. The van der Waals surface area contributed by atoms with Crippen LogP contribution in [0.1, 0.15) is 56.7 Å². The van der Waals surface area contributed by atoms with E-state index in [1.165, 1.54) is 11.1 Å². The lowest BCUT2D eigenvalue weighted by atomic mass is 10.0. The molecule has 4 heteroatoms. The van der Waals surface area contributed by atoms with Crippen LogP contribution in [-0.4, -0.2) is 35.8 Å². The quantitative estimate of drug-likeness (QED) is 0.524. The van der Waals surface area contributed by atoms with Gasteiger partial charge in [-0.05, 0) is 49.3 Å². The van der Waals surface area contributed by atoms with E-state index in [2.05, 4.69) is 55.6 Å². The lowest BCUT2D eigenvalue weighted by Crippen LogP contribution is -2.49. The zero-order chi connectivity index (χ0) is 21.8. The second kappa shape index (κ2) is 12.8. The zero-order valence-electron chi connectivity index (χ0n) is 18.7. The molecule has 0 aliphatic heterocycles. The first-order valence-corrected chi connectivity index (χ1v) is 11.2. The third-order valence-electron chi connectivity index (χ3n) is 5.54. The lowest BCUT2D eigenvalue weighted by Gasteiger charge is -2.29. The van der Waals surface area contributed by atoms with Gasteiger partial charge in [0.25, 0.3) is 0 Å². The van der Waals surface area contributed by atoms with Crippen molar-refractivity contribution >= 4 is 11.8 Å². The molecule has 1 N–H and O–H groups in total. The average Bonchev–Trinajstić information content (AvgIpc) is 2.78. The van der Waals surface area contributed by atoms with Gasteiger partial charge in [0.2, 0.25) is 11.8 Å². The normalized spacial score (nSPS) is 11.7. The van der Waals surface area contributed by atoms with Gasteiger partial charge in [-0.1, -0.05) is 74.9 Å². The van der Waals surface area contributed by atoms with Crippen LogP contribution >= 0.6 is 0 Å². The molecule has 0 aromatic heterocycles. The Kier molecular flexibility index (Phi) is 10.1. The molecule has 1 atom stereocenters. The fraction of sp³-hybridized carbons (Fsp3) is 0.462. The molecule has 2 aromatic rings. The number of rotatable bonds is 12. The van der Waals surface area contributed by atoms with Gasteiger partial charge in [0.15, 0.2) is 0 Å². The number of nitrogens with one attached hydrogen (secondary N) is 1. The second-order valence-electron chi connectivity index (χ2n) is 7.81. The summed E-state index contributed by atoms with van der Waals surface area (Å²) in [5, 5.41) is 2.97. The minimum absolute atomic E-state index is 0.0311. The number of benzene rings is 2. The van der Waals surface area contributed by atoms with Crippen molar-refractivity contribution in [2.75, 3.05) is 13.1 Å². The molecule has 2 aromatic carbocycles. The van der Waals surface area contributed by atoms with Gasteiger partial charge in [-0.2, -0.15) is 0 Å². The molecule has 0 saturated heterocycles. The van der Waals surface area contributed by atoms with E-state index in [1.807, 2.05) is 25.1 Å². The highest BCUT2D eigenvalue weighted by Crippen LogP contribution is 2.12. The summed E-state index contributed by atoms with van der Waals surface area (Å²) in [4.78, 5) is 27.4. The van der Waals surface area contributed by atoms with E-state index in [0.29, 0.717) is 25.9 Å². The van der Waals surface area contributed by atoms with Crippen LogP contribution in [0.3, 0.4) is 0 Å². The van der Waals surface area contributed by atoms with Crippen molar-refractivity contribution in [3.63, 3.8) is 0 Å². The standard InChI is InChI=1S/C26H36N2O2/c1-4-6-19-27-26(30)21(3)28(20-18-23-10-8-7-9-11-23)25(29)17-16-24-14-12-22(5-2)13-15-24/h7-15,21H,4-6,16-20H2,1-3H3,(H,27,30)/t21-/m1/s1. The van der Waals surface area contributed by atoms with E-state index in [0.717, 1.165) is 31.2 Å². The summed E-state index contributed by atoms with van der Waals surface area (Å²) < 4.78 is 0. The molecule has 2 amide bonds. The molecule has 30 heavy (non-hydrogen) atoms. The Balaban J connectivity index is 2.01. The number of unbranched alkanes of at least 4 members (excludes halogenated alkanes) is 1. The smallest absolute Gasteiger partial charge is 0.242 e. The van der Waals surface area contributed by atoms with Gasteiger partial charge in [0.05, 0.1) is 0 Å². The van der Waals surface area contributed by atoms with Gasteiger partial charge >= 0.3 is 0 Å². The van der Waals surface area contributed by atoms with Crippen LogP contribution < -0.4 is 5.32 Å². The van der Waals surface area contributed by atoms with Crippen LogP contribution in [0.4, 0.5) is 0 Å². The molecule has 2 rings (SSSR count). The average molecular weight is 409 g/mol. The van der Waals surface area contributed by atoms with Crippen LogP contribution in [-0.2, 0) is 28.9 Å². The molecule has 0 saturated carbocycles. The van der Waals surface area contributed by atoms with Crippen LogP contribution in [0.15, 0.2) is 54.6 Å². The summed E-state index contributed by atoms with van der Waals surface area (Å²) in [6.07, 6.45) is 4.83. The lowest BCUT2D eigenvalue weighted by molar-refractivity contribution is -0.139. The summed E-state index contributed by atoms with van der Waals surface area (Å²) in [5.74, 6) is -0.0409. The van der Waals surface area contributed by atoms with Crippen LogP contribution in [0.25, 0.3) is 0 Å². The molecule has 0 radical (unpaired) electrons. The molecule has 0 heterocycles. The minimum Gasteiger partial charge on any atom is -0.354 e. The van der Waals surface area contributed by atoms with Crippen molar-refractivity contribution in [1.29, 1.82) is 0 Å². The highest BCUT2D eigenvalue weighted by atomic mass is 16.2. The van der Waals surface area contributed by atoms with Gasteiger partial charge in [0, 0.05) is 19.5 Å². The number of carbonyl (C=O) groups is 2. The van der Waals surface area contributed by atoms with Gasteiger partial charge in [-0.3, -0.25) is 9.59 Å². The first kappa shape index (κ1) is 23.7.